The maximum atomic E-state index is 13.5. The summed E-state index contributed by atoms with van der Waals surface area (Å²) in [6.07, 6.45) is 1.57. The lowest BCUT2D eigenvalue weighted by Crippen LogP contribution is -2.48. The Bertz CT molecular complexity index is 969. The summed E-state index contributed by atoms with van der Waals surface area (Å²) in [4.78, 5) is 15.1. The number of nitrogens with two attached hydrogens (primary N) is 1. The van der Waals surface area contributed by atoms with Crippen LogP contribution in [0.1, 0.15) is 44.9 Å². The molecule has 1 aliphatic carbocycles. The molecular weight excluding hydrogens is 430 g/mol. The van der Waals surface area contributed by atoms with Crippen LogP contribution in [-0.2, 0) is 4.74 Å². The van der Waals surface area contributed by atoms with E-state index in [0.29, 0.717) is 36.1 Å². The molecule has 0 radical (unpaired) electrons. The number of aromatic nitrogens is 3. The summed E-state index contributed by atoms with van der Waals surface area (Å²) in [5.41, 5.74) is 6.39. The molecule has 7 nitrogen and oxygen atoms in total. The van der Waals surface area contributed by atoms with E-state index in [9.17, 15) is 17.6 Å². The fourth-order valence-corrected chi connectivity index (χ4v) is 3.94. The molecule has 2 fully saturated rings. The first kappa shape index (κ1) is 22.5. The van der Waals surface area contributed by atoms with Gasteiger partial charge in [-0.25, -0.2) is 23.7 Å². The van der Waals surface area contributed by atoms with E-state index in [1.54, 1.807) is 6.07 Å². The highest BCUT2D eigenvalue weighted by Crippen LogP contribution is 2.48. The predicted octanol–water partition coefficient (Wildman–Crippen LogP) is 4.24. The van der Waals surface area contributed by atoms with Gasteiger partial charge in [0.05, 0.1) is 24.4 Å². The first-order valence-corrected chi connectivity index (χ1v) is 10.5. The third kappa shape index (κ3) is 4.72. The van der Waals surface area contributed by atoms with Gasteiger partial charge in [-0.05, 0) is 19.4 Å². The molecule has 2 aromatic heterocycles. The van der Waals surface area contributed by atoms with Crippen molar-refractivity contribution in [2.24, 2.45) is 0 Å². The van der Waals surface area contributed by atoms with Crippen molar-refractivity contribution >= 4 is 11.6 Å². The number of pyridine rings is 1. The maximum absolute atomic E-state index is 13.5. The van der Waals surface area contributed by atoms with Gasteiger partial charge in [0, 0.05) is 43.1 Å². The molecule has 4 rings (SSSR count). The molecule has 11 heteroatoms. The standard InChI is InChI=1S/C21H25F4N5O2/c1-3-14-9-30(11(2)10-31-14)17-5-15(28-19(29-17)13-6-21(24,25)7-13)12-4-16(32-20(22)23)18(26)27-8-12/h4-5,8,11,13-14,20H,3,6-7,9-10H2,1-2H3,(H2,26,27)/t11-,14-/m0/s1. The van der Waals surface area contributed by atoms with E-state index in [-0.39, 0.29) is 36.6 Å². The van der Waals surface area contributed by atoms with E-state index in [1.807, 2.05) is 13.8 Å². The monoisotopic (exact) mass is 455 g/mol. The van der Waals surface area contributed by atoms with E-state index in [2.05, 4.69) is 24.6 Å². The number of nitrogen functional groups attached to an aromatic ring is 1. The topological polar surface area (TPSA) is 86.4 Å². The van der Waals surface area contributed by atoms with Crippen molar-refractivity contribution in [3.8, 4) is 17.0 Å². The van der Waals surface area contributed by atoms with Crippen LogP contribution in [0.4, 0.5) is 29.2 Å². The highest BCUT2D eigenvalue weighted by molar-refractivity contribution is 5.66. The van der Waals surface area contributed by atoms with E-state index in [1.165, 1.54) is 12.3 Å². The fraction of sp³-hybridized carbons (Fsp3) is 0.571. The minimum Gasteiger partial charge on any atom is -0.431 e. The molecule has 0 bridgehead atoms. The third-order valence-corrected chi connectivity index (χ3v) is 5.83. The Balaban J connectivity index is 1.74. The van der Waals surface area contributed by atoms with Gasteiger partial charge >= 0.3 is 6.61 Å². The second kappa shape index (κ2) is 8.68. The lowest BCUT2D eigenvalue weighted by atomic mass is 9.80. The number of rotatable bonds is 6. The third-order valence-electron chi connectivity index (χ3n) is 5.83. The van der Waals surface area contributed by atoms with Gasteiger partial charge in [-0.2, -0.15) is 8.78 Å². The number of morpholine rings is 1. The zero-order valence-corrected chi connectivity index (χ0v) is 17.8. The van der Waals surface area contributed by atoms with Crippen molar-refractivity contribution in [1.82, 2.24) is 15.0 Å². The Morgan fingerprint density at radius 1 is 1.28 bits per heavy atom. The first-order chi connectivity index (χ1) is 15.1. The molecule has 0 amide bonds. The van der Waals surface area contributed by atoms with Crippen LogP contribution in [0.15, 0.2) is 18.3 Å². The number of alkyl halides is 4. The molecule has 1 saturated carbocycles. The van der Waals surface area contributed by atoms with Gasteiger partial charge in [0.2, 0.25) is 5.92 Å². The highest BCUT2D eigenvalue weighted by atomic mass is 19.3. The molecule has 1 saturated heterocycles. The number of ether oxygens (including phenoxy) is 2. The van der Waals surface area contributed by atoms with Gasteiger partial charge in [-0.3, -0.25) is 0 Å². The highest BCUT2D eigenvalue weighted by Gasteiger charge is 2.47. The van der Waals surface area contributed by atoms with E-state index < -0.39 is 18.5 Å². The number of halogens is 4. The summed E-state index contributed by atoms with van der Waals surface area (Å²) in [7, 11) is 0. The molecule has 2 atom stereocenters. The van der Waals surface area contributed by atoms with E-state index >= 15 is 0 Å². The van der Waals surface area contributed by atoms with Crippen LogP contribution >= 0.6 is 0 Å². The van der Waals surface area contributed by atoms with Gasteiger partial charge in [0.15, 0.2) is 11.6 Å². The average molecular weight is 455 g/mol. The molecule has 3 heterocycles. The van der Waals surface area contributed by atoms with Gasteiger partial charge in [-0.1, -0.05) is 6.92 Å². The Hall–Kier alpha value is -2.69. The van der Waals surface area contributed by atoms with Gasteiger partial charge < -0.3 is 20.1 Å². The summed E-state index contributed by atoms with van der Waals surface area (Å²) in [6, 6.07) is 3.03. The van der Waals surface area contributed by atoms with Crippen molar-refractivity contribution in [3.63, 3.8) is 0 Å². The second-order valence-electron chi connectivity index (χ2n) is 8.28. The Kier molecular flexibility index (Phi) is 6.11. The zero-order valence-electron chi connectivity index (χ0n) is 17.8. The van der Waals surface area contributed by atoms with Crippen LogP contribution in [0, 0.1) is 0 Å². The largest absolute Gasteiger partial charge is 0.431 e. The SMILES string of the molecule is CC[C@H]1CN(c2cc(-c3cnc(N)c(OC(F)F)c3)nc(C3CC(F)(F)C3)n2)[C@@H](C)CO1. The van der Waals surface area contributed by atoms with Crippen molar-refractivity contribution in [1.29, 1.82) is 0 Å². The quantitative estimate of drug-likeness (QED) is 0.652. The Labute approximate surface area is 183 Å². The van der Waals surface area contributed by atoms with Crippen LogP contribution in [0.2, 0.25) is 0 Å². The number of anilines is 2. The zero-order chi connectivity index (χ0) is 23.0. The molecule has 0 spiro atoms. The summed E-state index contributed by atoms with van der Waals surface area (Å²) >= 11 is 0. The number of nitrogens with zero attached hydrogens (tertiary/aromatic N) is 4. The smallest absolute Gasteiger partial charge is 0.387 e. The number of hydrogen-bond donors (Lipinski definition) is 1. The minimum absolute atomic E-state index is 0.0125. The van der Waals surface area contributed by atoms with Crippen LogP contribution in [0.5, 0.6) is 5.75 Å². The maximum Gasteiger partial charge on any atom is 0.387 e. The van der Waals surface area contributed by atoms with Crippen LogP contribution in [0.25, 0.3) is 11.3 Å². The van der Waals surface area contributed by atoms with E-state index in [0.717, 1.165) is 6.42 Å². The van der Waals surface area contributed by atoms with Crippen LogP contribution in [0.3, 0.4) is 0 Å². The molecule has 0 aromatic carbocycles. The Morgan fingerprint density at radius 3 is 2.69 bits per heavy atom. The van der Waals surface area contributed by atoms with Crippen molar-refractivity contribution < 1.29 is 27.0 Å². The normalized spacial score (nSPS) is 23.3. The van der Waals surface area contributed by atoms with Crippen molar-refractivity contribution in [2.75, 3.05) is 23.8 Å². The molecule has 2 aliphatic rings. The molecule has 2 aromatic rings. The van der Waals surface area contributed by atoms with Crippen LogP contribution < -0.4 is 15.4 Å². The average Bonchev–Trinajstić information content (AvgIpc) is 2.73. The molecule has 2 N–H and O–H groups in total. The van der Waals surface area contributed by atoms with Gasteiger partial charge in [-0.15, -0.1) is 0 Å². The van der Waals surface area contributed by atoms with Crippen LogP contribution in [-0.4, -0.2) is 52.8 Å². The van der Waals surface area contributed by atoms with Gasteiger partial charge in [0.25, 0.3) is 0 Å². The summed E-state index contributed by atoms with van der Waals surface area (Å²) in [5, 5.41) is 0. The summed E-state index contributed by atoms with van der Waals surface area (Å²) in [5.74, 6) is -2.81. The minimum atomic E-state index is -3.07. The summed E-state index contributed by atoms with van der Waals surface area (Å²) in [6.45, 7) is 2.04. The lowest BCUT2D eigenvalue weighted by Gasteiger charge is -2.39. The Morgan fingerprint density at radius 2 is 2.03 bits per heavy atom. The second-order valence-corrected chi connectivity index (χ2v) is 8.28. The van der Waals surface area contributed by atoms with E-state index in [4.69, 9.17) is 10.5 Å². The number of hydrogen-bond acceptors (Lipinski definition) is 7. The molecule has 174 valence electrons. The first-order valence-electron chi connectivity index (χ1n) is 10.5. The van der Waals surface area contributed by atoms with Crippen molar-refractivity contribution in [2.45, 2.75) is 63.7 Å². The molecule has 0 unspecified atom stereocenters. The summed E-state index contributed by atoms with van der Waals surface area (Å²) < 4.78 is 62.8. The molecule has 32 heavy (non-hydrogen) atoms. The fourth-order valence-electron chi connectivity index (χ4n) is 3.94. The predicted molar refractivity (Wildman–Crippen MR) is 110 cm³/mol. The lowest BCUT2D eigenvalue weighted by molar-refractivity contribution is -0.0885. The van der Waals surface area contributed by atoms with Crippen molar-refractivity contribution in [3.05, 3.63) is 24.2 Å². The van der Waals surface area contributed by atoms with Gasteiger partial charge in [0.1, 0.15) is 11.6 Å². The molecule has 1 aliphatic heterocycles. The molecular formula is C21H25F4N5O2.